The van der Waals surface area contributed by atoms with Crippen molar-refractivity contribution in [2.24, 2.45) is 0 Å². The van der Waals surface area contributed by atoms with Crippen LogP contribution in [0.1, 0.15) is 39.0 Å². The molecule has 2 aliphatic rings. The van der Waals surface area contributed by atoms with Gasteiger partial charge in [0.2, 0.25) is 0 Å². The first kappa shape index (κ1) is 20.6. The van der Waals surface area contributed by atoms with Gasteiger partial charge < -0.3 is 23.8 Å². The summed E-state index contributed by atoms with van der Waals surface area (Å²) in [6.45, 7) is 7.84. The van der Waals surface area contributed by atoms with E-state index < -0.39 is 5.60 Å². The molecular weight excluding hydrogens is 386 g/mol. The Balaban J connectivity index is 1.38. The van der Waals surface area contributed by atoms with Crippen molar-refractivity contribution in [3.05, 3.63) is 42.1 Å². The van der Waals surface area contributed by atoms with E-state index >= 15 is 0 Å². The van der Waals surface area contributed by atoms with Gasteiger partial charge in [-0.1, -0.05) is 18.2 Å². The van der Waals surface area contributed by atoms with E-state index in [0.717, 1.165) is 17.5 Å². The standard InChI is InChI=1S/C22H27N3O5/c1-22(2,3)30-21(26)25-8-7-17(25)14-29-18-12-19(24-23-13-18)15-5-4-6-16(11-15)20-27-9-10-28-20/h4-6,11-13,17,20H,7-10,14H2,1-3H3/t17-/m0/s1. The third-order valence-corrected chi connectivity index (χ3v) is 4.92. The third kappa shape index (κ3) is 4.88. The lowest BCUT2D eigenvalue weighted by atomic mass is 10.1. The number of carbonyl (C=O) groups excluding carboxylic acids is 1. The van der Waals surface area contributed by atoms with Gasteiger partial charge in [0.05, 0.1) is 31.1 Å². The van der Waals surface area contributed by atoms with Gasteiger partial charge in [-0.05, 0) is 33.3 Å². The predicted octanol–water partition coefficient (Wildman–Crippen LogP) is 3.58. The number of carbonyl (C=O) groups is 1. The van der Waals surface area contributed by atoms with Gasteiger partial charge in [0.1, 0.15) is 18.0 Å². The Labute approximate surface area is 176 Å². The molecule has 160 valence electrons. The van der Waals surface area contributed by atoms with Crippen LogP contribution < -0.4 is 4.74 Å². The average Bonchev–Trinajstić information content (AvgIpc) is 3.21. The van der Waals surface area contributed by atoms with Gasteiger partial charge in [-0.15, -0.1) is 0 Å². The van der Waals surface area contributed by atoms with Crippen molar-refractivity contribution >= 4 is 6.09 Å². The van der Waals surface area contributed by atoms with Gasteiger partial charge >= 0.3 is 6.09 Å². The van der Waals surface area contributed by atoms with Crippen LogP contribution in [-0.2, 0) is 14.2 Å². The van der Waals surface area contributed by atoms with E-state index in [9.17, 15) is 4.79 Å². The lowest BCUT2D eigenvalue weighted by Gasteiger charge is -2.40. The van der Waals surface area contributed by atoms with Gasteiger partial charge in [0, 0.05) is 23.7 Å². The molecule has 30 heavy (non-hydrogen) atoms. The van der Waals surface area contributed by atoms with Crippen LogP contribution >= 0.6 is 0 Å². The molecule has 1 aromatic carbocycles. The molecule has 0 saturated carbocycles. The molecule has 2 aromatic rings. The highest BCUT2D eigenvalue weighted by Gasteiger charge is 2.35. The Bertz CT molecular complexity index is 892. The first-order chi connectivity index (χ1) is 14.4. The lowest BCUT2D eigenvalue weighted by Crippen LogP contribution is -2.55. The molecule has 8 nitrogen and oxygen atoms in total. The SMILES string of the molecule is CC(C)(C)OC(=O)N1CC[C@H]1COc1cnnc(-c2cccc(C3OCCO3)c2)c1. The van der Waals surface area contributed by atoms with Gasteiger partial charge in [-0.3, -0.25) is 0 Å². The quantitative estimate of drug-likeness (QED) is 0.741. The Morgan fingerprint density at radius 2 is 2.03 bits per heavy atom. The molecule has 0 radical (unpaired) electrons. The smallest absolute Gasteiger partial charge is 0.410 e. The zero-order valence-corrected chi connectivity index (χ0v) is 17.5. The topological polar surface area (TPSA) is 83.0 Å². The summed E-state index contributed by atoms with van der Waals surface area (Å²) >= 11 is 0. The second-order valence-electron chi connectivity index (χ2n) is 8.40. The van der Waals surface area contributed by atoms with E-state index in [1.54, 1.807) is 11.1 Å². The predicted molar refractivity (Wildman–Crippen MR) is 109 cm³/mol. The number of benzene rings is 1. The van der Waals surface area contributed by atoms with Crippen LogP contribution in [-0.4, -0.2) is 59.2 Å². The first-order valence-corrected chi connectivity index (χ1v) is 10.2. The summed E-state index contributed by atoms with van der Waals surface area (Å²) in [6, 6.07) is 9.70. The maximum atomic E-state index is 12.2. The minimum atomic E-state index is -0.509. The van der Waals surface area contributed by atoms with E-state index in [-0.39, 0.29) is 18.4 Å². The zero-order chi connectivity index (χ0) is 21.1. The lowest BCUT2D eigenvalue weighted by molar-refractivity contribution is -0.0440. The number of hydrogen-bond acceptors (Lipinski definition) is 7. The van der Waals surface area contributed by atoms with Gasteiger partial charge in [0.15, 0.2) is 6.29 Å². The number of hydrogen-bond donors (Lipinski definition) is 0. The number of amides is 1. The van der Waals surface area contributed by atoms with Crippen LogP contribution in [0.25, 0.3) is 11.3 Å². The van der Waals surface area contributed by atoms with Crippen LogP contribution in [0.3, 0.4) is 0 Å². The molecule has 0 bridgehead atoms. The molecule has 1 aromatic heterocycles. The zero-order valence-electron chi connectivity index (χ0n) is 17.5. The second-order valence-corrected chi connectivity index (χ2v) is 8.40. The summed E-state index contributed by atoms with van der Waals surface area (Å²) in [4.78, 5) is 13.9. The second kappa shape index (κ2) is 8.57. The van der Waals surface area contributed by atoms with Gasteiger partial charge in [0.25, 0.3) is 0 Å². The minimum absolute atomic E-state index is 0.00328. The maximum absolute atomic E-state index is 12.2. The summed E-state index contributed by atoms with van der Waals surface area (Å²) < 4.78 is 22.5. The molecule has 2 saturated heterocycles. The molecule has 8 heteroatoms. The van der Waals surface area contributed by atoms with Crippen molar-refractivity contribution in [1.82, 2.24) is 15.1 Å². The molecule has 0 aliphatic carbocycles. The molecule has 0 N–H and O–H groups in total. The molecule has 2 aliphatic heterocycles. The van der Waals surface area contributed by atoms with Crippen molar-refractivity contribution < 1.29 is 23.7 Å². The minimum Gasteiger partial charge on any atom is -0.490 e. The van der Waals surface area contributed by atoms with Crippen LogP contribution in [0.4, 0.5) is 4.79 Å². The largest absolute Gasteiger partial charge is 0.490 e. The summed E-state index contributed by atoms with van der Waals surface area (Å²) in [5.41, 5.74) is 2.04. The summed E-state index contributed by atoms with van der Waals surface area (Å²) in [6.07, 6.45) is 1.82. The van der Waals surface area contributed by atoms with Crippen molar-refractivity contribution in [2.75, 3.05) is 26.4 Å². The Hall–Kier alpha value is -2.71. The molecule has 0 unspecified atom stereocenters. The molecular formula is C22H27N3O5. The Morgan fingerprint density at radius 1 is 1.23 bits per heavy atom. The summed E-state index contributed by atoms with van der Waals surface area (Å²) in [5.74, 6) is 0.606. The number of nitrogens with zero attached hydrogens (tertiary/aromatic N) is 3. The fourth-order valence-electron chi connectivity index (χ4n) is 3.33. The van der Waals surface area contributed by atoms with Crippen LogP contribution in [0.5, 0.6) is 5.75 Å². The Morgan fingerprint density at radius 3 is 2.73 bits per heavy atom. The van der Waals surface area contributed by atoms with E-state index in [1.165, 1.54) is 0 Å². The van der Waals surface area contributed by atoms with Crippen molar-refractivity contribution in [3.63, 3.8) is 0 Å². The monoisotopic (exact) mass is 413 g/mol. The highest BCUT2D eigenvalue weighted by atomic mass is 16.7. The number of likely N-dealkylation sites (tertiary alicyclic amines) is 1. The van der Waals surface area contributed by atoms with E-state index in [0.29, 0.717) is 37.8 Å². The van der Waals surface area contributed by atoms with Crippen molar-refractivity contribution in [2.45, 2.75) is 45.1 Å². The first-order valence-electron chi connectivity index (χ1n) is 10.2. The highest BCUT2D eigenvalue weighted by Crippen LogP contribution is 2.28. The molecule has 2 fully saturated rings. The maximum Gasteiger partial charge on any atom is 0.410 e. The van der Waals surface area contributed by atoms with E-state index in [1.807, 2.05) is 51.1 Å². The number of rotatable bonds is 5. The third-order valence-electron chi connectivity index (χ3n) is 4.92. The Kier molecular flexibility index (Phi) is 5.87. The van der Waals surface area contributed by atoms with Gasteiger partial charge in [-0.2, -0.15) is 10.2 Å². The molecule has 1 amide bonds. The average molecular weight is 413 g/mol. The molecule has 0 spiro atoms. The fourth-order valence-corrected chi connectivity index (χ4v) is 3.33. The summed E-state index contributed by atoms with van der Waals surface area (Å²) in [7, 11) is 0. The summed E-state index contributed by atoms with van der Waals surface area (Å²) in [5, 5.41) is 8.30. The van der Waals surface area contributed by atoms with Crippen LogP contribution in [0, 0.1) is 0 Å². The highest BCUT2D eigenvalue weighted by molar-refractivity contribution is 5.69. The molecule has 1 atom stereocenters. The number of aromatic nitrogens is 2. The van der Waals surface area contributed by atoms with E-state index in [4.69, 9.17) is 18.9 Å². The molecule has 4 rings (SSSR count). The van der Waals surface area contributed by atoms with Crippen LogP contribution in [0.2, 0.25) is 0 Å². The van der Waals surface area contributed by atoms with E-state index in [2.05, 4.69) is 10.2 Å². The van der Waals surface area contributed by atoms with Crippen molar-refractivity contribution in [3.8, 4) is 17.0 Å². The van der Waals surface area contributed by atoms with Gasteiger partial charge in [-0.25, -0.2) is 4.79 Å². The number of ether oxygens (including phenoxy) is 4. The fraction of sp³-hybridized carbons (Fsp3) is 0.500. The normalized spacial score (nSPS) is 19.4. The molecule has 3 heterocycles. The van der Waals surface area contributed by atoms with Crippen LogP contribution in [0.15, 0.2) is 36.5 Å². The van der Waals surface area contributed by atoms with Crippen molar-refractivity contribution in [1.29, 1.82) is 0 Å².